The molecule has 1 aromatic heterocycles. The number of likely N-dealkylation sites (tertiary alicyclic amines) is 1. The monoisotopic (exact) mass is 590 g/mol. The van der Waals surface area contributed by atoms with Crippen molar-refractivity contribution in [3.63, 3.8) is 0 Å². The molecular weight excluding hydrogens is 550 g/mol. The van der Waals surface area contributed by atoms with Gasteiger partial charge in [-0.2, -0.15) is 5.26 Å². The van der Waals surface area contributed by atoms with Gasteiger partial charge in [-0.3, -0.25) is 14.9 Å². The Morgan fingerprint density at radius 1 is 1.19 bits per heavy atom. The molecule has 4 rings (SSSR count). The number of aromatic nitrogens is 2. The maximum Gasteiger partial charge on any atom is 0.264 e. The molecule has 1 unspecified atom stereocenters. The Bertz CT molecular complexity index is 1550. The van der Waals surface area contributed by atoms with Gasteiger partial charge in [-0.15, -0.1) is 0 Å². The molecule has 0 spiro atoms. The summed E-state index contributed by atoms with van der Waals surface area (Å²) < 4.78 is 28.5. The largest absolute Gasteiger partial charge is 0.333 e. The van der Waals surface area contributed by atoms with Gasteiger partial charge in [0.05, 0.1) is 17.1 Å². The van der Waals surface area contributed by atoms with Crippen molar-refractivity contribution in [1.82, 2.24) is 19.8 Å². The number of anilines is 1. The first-order chi connectivity index (χ1) is 20.4. The van der Waals surface area contributed by atoms with Crippen LogP contribution >= 0.6 is 0 Å². The zero-order valence-electron chi connectivity index (χ0n) is 25.5. The number of carbonyl (C=O) groups is 2. The number of nitrogens with zero attached hydrogens (tertiary/aromatic N) is 4. The van der Waals surface area contributed by atoms with E-state index in [-0.39, 0.29) is 45.9 Å². The number of imidazole rings is 1. The number of fused-ring (bicyclic) bond motifs is 1. The summed E-state index contributed by atoms with van der Waals surface area (Å²) in [6.45, 7) is 12.7. The Morgan fingerprint density at radius 2 is 1.95 bits per heavy atom. The first kappa shape index (κ1) is 31.8. The van der Waals surface area contributed by atoms with E-state index in [4.69, 9.17) is 4.98 Å². The summed E-state index contributed by atoms with van der Waals surface area (Å²) >= 11 is 0. The molecule has 2 heterocycles. The van der Waals surface area contributed by atoms with E-state index in [9.17, 15) is 23.6 Å². The van der Waals surface area contributed by atoms with E-state index in [0.29, 0.717) is 25.2 Å². The number of nitriles is 1. The van der Waals surface area contributed by atoms with Gasteiger partial charge >= 0.3 is 0 Å². The molecule has 1 aliphatic rings. The molecule has 8 nitrogen and oxygen atoms in total. The number of alkyl halides is 2. The minimum atomic E-state index is -2.70. The lowest BCUT2D eigenvalue weighted by molar-refractivity contribution is -0.127. The number of amides is 2. The van der Waals surface area contributed by atoms with Crippen LogP contribution in [0, 0.1) is 22.7 Å². The fraction of sp³-hybridized carbons (Fsp3) is 0.455. The highest BCUT2D eigenvalue weighted by molar-refractivity contribution is 6.04. The van der Waals surface area contributed by atoms with Gasteiger partial charge in [-0.1, -0.05) is 58.9 Å². The Kier molecular flexibility index (Phi) is 9.97. The third-order valence-corrected chi connectivity index (χ3v) is 7.31. The lowest BCUT2D eigenvalue weighted by atomic mass is 9.97. The standard InChI is InChI=1S/C33H40F2N6O2/c1-21(2)14-25(17-36)31(43)40-13-7-10-26(40)19-41-28-12-11-22(18-37-20-33(3,4)5)15-27(28)38-32(41)39-30(42)24-9-6-8-23(16-24)29(34)35/h6,8-9,11-12,14-16,21,26,29,37H,7,10,13,18-20H2,1-5H3,(H,38,39,42). The average molecular weight is 591 g/mol. The first-order valence-electron chi connectivity index (χ1n) is 14.7. The van der Waals surface area contributed by atoms with Gasteiger partial charge in [0.25, 0.3) is 18.2 Å². The number of hydrogen-bond donors (Lipinski definition) is 2. The summed E-state index contributed by atoms with van der Waals surface area (Å²) in [6, 6.07) is 13.1. The van der Waals surface area contributed by atoms with E-state index >= 15 is 0 Å². The van der Waals surface area contributed by atoms with Crippen molar-refractivity contribution in [2.75, 3.05) is 18.4 Å². The highest BCUT2D eigenvalue weighted by Crippen LogP contribution is 2.28. The van der Waals surface area contributed by atoms with Crippen LogP contribution in [0.2, 0.25) is 0 Å². The predicted octanol–water partition coefficient (Wildman–Crippen LogP) is 6.46. The van der Waals surface area contributed by atoms with Crippen molar-refractivity contribution in [3.8, 4) is 6.07 Å². The van der Waals surface area contributed by atoms with Crippen molar-refractivity contribution in [3.05, 3.63) is 70.8 Å². The summed E-state index contributed by atoms with van der Waals surface area (Å²) in [4.78, 5) is 33.0. The number of nitrogens with one attached hydrogen (secondary N) is 2. The maximum absolute atomic E-state index is 13.3. The second-order valence-electron chi connectivity index (χ2n) is 12.6. The van der Waals surface area contributed by atoms with E-state index in [0.717, 1.165) is 30.5 Å². The molecule has 43 heavy (non-hydrogen) atoms. The van der Waals surface area contributed by atoms with Gasteiger partial charge in [0.1, 0.15) is 11.6 Å². The van der Waals surface area contributed by atoms with Gasteiger partial charge in [0.15, 0.2) is 0 Å². The molecule has 0 bridgehead atoms. The number of hydrogen-bond acceptors (Lipinski definition) is 5. The van der Waals surface area contributed by atoms with Gasteiger partial charge in [0, 0.05) is 37.3 Å². The molecule has 10 heteroatoms. The number of rotatable bonds is 10. The van der Waals surface area contributed by atoms with Crippen molar-refractivity contribution in [2.24, 2.45) is 11.3 Å². The van der Waals surface area contributed by atoms with E-state index in [1.807, 2.05) is 36.6 Å². The maximum atomic E-state index is 13.3. The van der Waals surface area contributed by atoms with E-state index < -0.39 is 12.3 Å². The minimum absolute atomic E-state index is 0.0507. The molecule has 1 fully saturated rings. The molecule has 0 radical (unpaired) electrons. The topological polar surface area (TPSA) is 103 Å². The van der Waals surface area contributed by atoms with Crippen LogP contribution in [-0.2, 0) is 17.9 Å². The molecule has 0 aliphatic carbocycles. The highest BCUT2D eigenvalue weighted by Gasteiger charge is 2.32. The molecule has 2 aromatic carbocycles. The van der Waals surface area contributed by atoms with Gasteiger partial charge < -0.3 is 14.8 Å². The van der Waals surface area contributed by atoms with Crippen LogP contribution in [0.3, 0.4) is 0 Å². The van der Waals surface area contributed by atoms with E-state index in [1.165, 1.54) is 24.3 Å². The number of allylic oxidation sites excluding steroid dienone is 1. The third kappa shape index (κ3) is 8.05. The second kappa shape index (κ2) is 13.5. The molecule has 0 saturated carbocycles. The average Bonchev–Trinajstić information content (AvgIpc) is 3.55. The smallest absolute Gasteiger partial charge is 0.264 e. The molecule has 228 valence electrons. The van der Waals surface area contributed by atoms with Crippen LogP contribution in [0.5, 0.6) is 0 Å². The zero-order valence-corrected chi connectivity index (χ0v) is 25.5. The summed E-state index contributed by atoms with van der Waals surface area (Å²) in [6.07, 6.45) is 0.495. The summed E-state index contributed by atoms with van der Waals surface area (Å²) in [5.74, 6) is -0.545. The third-order valence-electron chi connectivity index (χ3n) is 7.31. The zero-order chi connectivity index (χ0) is 31.3. The Morgan fingerprint density at radius 3 is 2.63 bits per heavy atom. The minimum Gasteiger partial charge on any atom is -0.333 e. The van der Waals surface area contributed by atoms with Gasteiger partial charge in [-0.05, 0) is 54.0 Å². The number of benzene rings is 2. The van der Waals surface area contributed by atoms with Crippen LogP contribution < -0.4 is 10.6 Å². The van der Waals surface area contributed by atoms with Gasteiger partial charge in [-0.25, -0.2) is 13.8 Å². The van der Waals surface area contributed by atoms with Crippen LogP contribution in [0.15, 0.2) is 54.1 Å². The predicted molar refractivity (Wildman–Crippen MR) is 164 cm³/mol. The number of carbonyl (C=O) groups excluding carboxylic acids is 2. The summed E-state index contributed by atoms with van der Waals surface area (Å²) in [5, 5.41) is 15.9. The van der Waals surface area contributed by atoms with E-state index in [1.54, 1.807) is 11.0 Å². The fourth-order valence-electron chi connectivity index (χ4n) is 5.28. The van der Waals surface area contributed by atoms with Gasteiger partial charge in [0.2, 0.25) is 5.95 Å². The normalized spacial score (nSPS) is 15.9. The SMILES string of the molecule is CC(C)C=C(C#N)C(=O)N1CCCC1Cn1c(NC(=O)c2cccc(C(F)F)c2)nc2cc(CNCC(C)(C)C)ccc21. The molecular formula is C33H40F2N6O2. The Hall–Kier alpha value is -4.10. The van der Waals surface area contributed by atoms with Crippen LogP contribution in [0.25, 0.3) is 11.0 Å². The van der Waals surface area contributed by atoms with Crippen molar-refractivity contribution in [1.29, 1.82) is 5.26 Å². The fourth-order valence-corrected chi connectivity index (χ4v) is 5.28. The molecule has 2 N–H and O–H groups in total. The van der Waals surface area contributed by atoms with Crippen LogP contribution in [-0.4, -0.2) is 45.4 Å². The highest BCUT2D eigenvalue weighted by atomic mass is 19.3. The van der Waals surface area contributed by atoms with E-state index in [2.05, 4.69) is 37.5 Å². The lowest BCUT2D eigenvalue weighted by Crippen LogP contribution is -2.39. The lowest BCUT2D eigenvalue weighted by Gasteiger charge is -2.26. The van der Waals surface area contributed by atoms with Crippen molar-refractivity contribution in [2.45, 2.75) is 73.0 Å². The molecule has 1 atom stereocenters. The van der Waals surface area contributed by atoms with Crippen molar-refractivity contribution >= 4 is 28.8 Å². The van der Waals surface area contributed by atoms with Crippen molar-refractivity contribution < 1.29 is 18.4 Å². The van der Waals surface area contributed by atoms with Crippen LogP contribution in [0.1, 0.15) is 75.4 Å². The first-order valence-corrected chi connectivity index (χ1v) is 14.7. The second-order valence-corrected chi connectivity index (χ2v) is 12.6. The Labute approximate surface area is 251 Å². The molecule has 3 aromatic rings. The molecule has 1 aliphatic heterocycles. The van der Waals surface area contributed by atoms with Crippen LogP contribution in [0.4, 0.5) is 14.7 Å². The quantitative estimate of drug-likeness (QED) is 0.208. The molecule has 2 amide bonds. The summed E-state index contributed by atoms with van der Waals surface area (Å²) in [7, 11) is 0. The molecule has 1 saturated heterocycles. The summed E-state index contributed by atoms with van der Waals surface area (Å²) in [5.41, 5.74) is 2.57. The number of halogens is 2. The Balaban J connectivity index is 1.67.